The van der Waals surface area contributed by atoms with Crippen molar-refractivity contribution in [1.29, 1.82) is 0 Å². The molecule has 0 bridgehead atoms. The van der Waals surface area contributed by atoms with Gasteiger partial charge in [0, 0.05) is 12.1 Å². The van der Waals surface area contributed by atoms with Crippen LogP contribution in [-0.2, 0) is 0 Å². The number of nitrogens with zero attached hydrogens (tertiary/aromatic N) is 3. The van der Waals surface area contributed by atoms with Crippen LogP contribution in [0.15, 0.2) is 23.6 Å². The summed E-state index contributed by atoms with van der Waals surface area (Å²) in [7, 11) is 1.54. The van der Waals surface area contributed by atoms with E-state index in [-0.39, 0.29) is 5.84 Å². The Morgan fingerprint density at radius 3 is 2.90 bits per heavy atom. The highest BCUT2D eigenvalue weighted by atomic mass is 32.1. The van der Waals surface area contributed by atoms with Crippen molar-refractivity contribution >= 4 is 17.2 Å². The lowest BCUT2D eigenvalue weighted by Gasteiger charge is -2.01. The topological polar surface area (TPSA) is 103 Å². The molecule has 0 amide bonds. The fourth-order valence-electron chi connectivity index (χ4n) is 1.57. The number of nitrogens with two attached hydrogens (primary N) is 1. The number of amidine groups is 1. The van der Waals surface area contributed by atoms with Gasteiger partial charge in [-0.05, 0) is 6.92 Å². The van der Waals surface area contributed by atoms with Crippen LogP contribution in [-0.4, -0.2) is 34.7 Å². The number of aromatic nitrogens is 2. The molecule has 8 heteroatoms. The van der Waals surface area contributed by atoms with Crippen LogP contribution in [0, 0.1) is 0 Å². The van der Waals surface area contributed by atoms with Crippen molar-refractivity contribution in [2.45, 2.75) is 6.92 Å². The summed E-state index contributed by atoms with van der Waals surface area (Å²) >= 11 is 1.32. The summed E-state index contributed by atoms with van der Waals surface area (Å²) in [5.74, 6) is 1.03. The van der Waals surface area contributed by atoms with E-state index in [2.05, 4.69) is 15.1 Å². The first-order valence-corrected chi connectivity index (χ1v) is 6.62. The lowest BCUT2D eigenvalue weighted by atomic mass is 10.3. The van der Waals surface area contributed by atoms with Gasteiger partial charge in [-0.3, -0.25) is 0 Å². The molecule has 2 rings (SSSR count). The van der Waals surface area contributed by atoms with Gasteiger partial charge in [0.25, 0.3) is 0 Å². The van der Waals surface area contributed by atoms with E-state index < -0.39 is 0 Å². The second-order valence-corrected chi connectivity index (χ2v) is 4.72. The Kier molecular flexibility index (Phi) is 4.36. The van der Waals surface area contributed by atoms with Gasteiger partial charge >= 0.3 is 0 Å². The molecule has 0 atom stereocenters. The monoisotopic (exact) mass is 294 g/mol. The summed E-state index contributed by atoms with van der Waals surface area (Å²) in [6.07, 6.45) is 1.41. The molecule has 0 aromatic carbocycles. The van der Waals surface area contributed by atoms with Crippen LogP contribution in [0.4, 0.5) is 0 Å². The molecule has 20 heavy (non-hydrogen) atoms. The summed E-state index contributed by atoms with van der Waals surface area (Å²) in [6, 6.07) is 3.50. The molecule has 0 aliphatic rings. The van der Waals surface area contributed by atoms with Crippen LogP contribution in [0.2, 0.25) is 0 Å². The summed E-state index contributed by atoms with van der Waals surface area (Å²) in [5, 5.41) is 11.8. The van der Waals surface area contributed by atoms with Crippen molar-refractivity contribution < 1.29 is 14.7 Å². The van der Waals surface area contributed by atoms with Gasteiger partial charge in [-0.2, -0.15) is 0 Å². The Labute approximate surface area is 119 Å². The number of methoxy groups -OCH3 is 1. The quantitative estimate of drug-likeness (QED) is 0.376. The third kappa shape index (κ3) is 2.80. The summed E-state index contributed by atoms with van der Waals surface area (Å²) in [6.45, 7) is 2.34. The molecule has 0 saturated carbocycles. The van der Waals surface area contributed by atoms with Gasteiger partial charge in [-0.15, -0.1) is 11.3 Å². The Balaban J connectivity index is 2.46. The zero-order valence-electron chi connectivity index (χ0n) is 11.0. The summed E-state index contributed by atoms with van der Waals surface area (Å²) in [5.41, 5.74) is 6.33. The molecule has 0 aliphatic heterocycles. The van der Waals surface area contributed by atoms with Gasteiger partial charge in [0.2, 0.25) is 5.88 Å². The molecule has 3 N–H and O–H groups in total. The lowest BCUT2D eigenvalue weighted by Crippen LogP contribution is -2.12. The highest BCUT2D eigenvalue weighted by Crippen LogP contribution is 2.36. The van der Waals surface area contributed by atoms with Crippen LogP contribution in [0.1, 0.15) is 11.8 Å². The maximum atomic E-state index is 8.81. The number of hydrogen-bond acceptors (Lipinski definition) is 7. The number of thiophene rings is 1. The van der Waals surface area contributed by atoms with Crippen LogP contribution in [0.5, 0.6) is 11.6 Å². The molecular formula is C12H14N4O3S. The van der Waals surface area contributed by atoms with Gasteiger partial charge in [0.05, 0.1) is 24.3 Å². The van der Waals surface area contributed by atoms with Gasteiger partial charge in [-0.25, -0.2) is 9.97 Å². The fraction of sp³-hybridized carbons (Fsp3) is 0.250. The zero-order valence-corrected chi connectivity index (χ0v) is 11.8. The van der Waals surface area contributed by atoms with E-state index in [4.69, 9.17) is 20.4 Å². The predicted octanol–water partition coefficient (Wildman–Crippen LogP) is 1.71. The lowest BCUT2D eigenvalue weighted by molar-refractivity contribution is 0.317. The fourth-order valence-corrected chi connectivity index (χ4v) is 2.54. The highest BCUT2D eigenvalue weighted by molar-refractivity contribution is 7.17. The minimum atomic E-state index is 0.00530. The SMILES string of the molecule is CCOc1cc(-c2cc(OC)ncn2)sc1/C(N)=N/O. The van der Waals surface area contributed by atoms with E-state index in [1.165, 1.54) is 24.8 Å². The first-order valence-electron chi connectivity index (χ1n) is 5.80. The van der Waals surface area contributed by atoms with Gasteiger partial charge in [0.15, 0.2) is 5.84 Å². The molecule has 0 aliphatic carbocycles. The van der Waals surface area contributed by atoms with Crippen molar-refractivity contribution in [3.05, 3.63) is 23.3 Å². The van der Waals surface area contributed by atoms with E-state index in [0.29, 0.717) is 28.8 Å². The van der Waals surface area contributed by atoms with Crippen LogP contribution in [0.25, 0.3) is 10.6 Å². The largest absolute Gasteiger partial charge is 0.492 e. The first-order chi connectivity index (χ1) is 9.69. The Morgan fingerprint density at radius 2 is 2.25 bits per heavy atom. The minimum absolute atomic E-state index is 0.00530. The molecule has 0 unspecified atom stereocenters. The van der Waals surface area contributed by atoms with Crippen LogP contribution >= 0.6 is 11.3 Å². The second kappa shape index (κ2) is 6.20. The summed E-state index contributed by atoms with van der Waals surface area (Å²) < 4.78 is 10.5. The molecule has 0 fully saturated rings. The third-order valence-corrected chi connectivity index (χ3v) is 3.60. The van der Waals surface area contributed by atoms with Crippen LogP contribution in [0.3, 0.4) is 0 Å². The first kappa shape index (κ1) is 14.1. The molecule has 0 saturated heterocycles. The van der Waals surface area contributed by atoms with Crippen molar-refractivity contribution in [3.63, 3.8) is 0 Å². The highest BCUT2D eigenvalue weighted by Gasteiger charge is 2.16. The Hall–Kier alpha value is -2.35. The van der Waals surface area contributed by atoms with Crippen molar-refractivity contribution in [1.82, 2.24) is 9.97 Å². The second-order valence-electron chi connectivity index (χ2n) is 3.67. The average molecular weight is 294 g/mol. The van der Waals surface area contributed by atoms with Gasteiger partial charge < -0.3 is 20.4 Å². The zero-order chi connectivity index (χ0) is 14.5. The van der Waals surface area contributed by atoms with Crippen molar-refractivity contribution in [2.75, 3.05) is 13.7 Å². The van der Waals surface area contributed by atoms with E-state index in [9.17, 15) is 0 Å². The third-order valence-electron chi connectivity index (χ3n) is 2.44. The molecule has 2 heterocycles. The molecule has 106 valence electrons. The molecule has 0 radical (unpaired) electrons. The Morgan fingerprint density at radius 1 is 1.45 bits per heavy atom. The number of oxime groups is 1. The standard InChI is InChI=1S/C12H14N4O3S/c1-3-19-8-5-9(20-11(8)12(13)16-17)7-4-10(18-2)15-6-14-7/h4-6,17H,3H2,1-2H3,(H2,13,16). The van der Waals surface area contributed by atoms with Gasteiger partial charge in [-0.1, -0.05) is 5.16 Å². The van der Waals surface area contributed by atoms with Crippen molar-refractivity contribution in [2.24, 2.45) is 10.9 Å². The van der Waals surface area contributed by atoms with E-state index in [1.807, 2.05) is 6.92 Å². The molecule has 2 aromatic rings. The number of rotatable bonds is 5. The smallest absolute Gasteiger partial charge is 0.216 e. The Bertz CT molecular complexity index is 627. The molecular weight excluding hydrogens is 280 g/mol. The normalized spacial score (nSPS) is 11.4. The van der Waals surface area contributed by atoms with E-state index >= 15 is 0 Å². The van der Waals surface area contributed by atoms with Crippen molar-refractivity contribution in [3.8, 4) is 22.2 Å². The maximum Gasteiger partial charge on any atom is 0.216 e. The van der Waals surface area contributed by atoms with Gasteiger partial charge in [0.1, 0.15) is 17.0 Å². The minimum Gasteiger partial charge on any atom is -0.492 e. The van der Waals surface area contributed by atoms with E-state index in [1.54, 1.807) is 12.1 Å². The predicted molar refractivity (Wildman–Crippen MR) is 75.6 cm³/mol. The molecule has 0 spiro atoms. The number of hydrogen-bond donors (Lipinski definition) is 2. The summed E-state index contributed by atoms with van der Waals surface area (Å²) in [4.78, 5) is 9.50. The molecule has 2 aromatic heterocycles. The average Bonchev–Trinajstić information content (AvgIpc) is 2.91. The maximum absolute atomic E-state index is 8.81. The number of ether oxygens (including phenoxy) is 2. The van der Waals surface area contributed by atoms with E-state index in [0.717, 1.165) is 4.88 Å². The molecule has 7 nitrogen and oxygen atoms in total. The van der Waals surface area contributed by atoms with Crippen LogP contribution < -0.4 is 15.2 Å².